The number of benzene rings is 1. The van der Waals surface area contributed by atoms with E-state index in [1.807, 2.05) is 5.43 Å². The van der Waals surface area contributed by atoms with Crippen molar-refractivity contribution in [1.82, 2.24) is 10.7 Å². The number of alkyl halides is 2. The molecule has 0 saturated heterocycles. The molecule has 0 aromatic heterocycles. The molecule has 0 saturated carbocycles. The van der Waals surface area contributed by atoms with Gasteiger partial charge >= 0.3 is 18.4 Å². The van der Waals surface area contributed by atoms with Crippen LogP contribution in [0.15, 0.2) is 29.4 Å². The smallest absolute Gasteiger partial charge is 0.387 e. The molecule has 21 heavy (non-hydrogen) atoms. The zero-order chi connectivity index (χ0) is 15.8. The van der Waals surface area contributed by atoms with Gasteiger partial charge in [-0.25, -0.2) is 5.43 Å². The van der Waals surface area contributed by atoms with E-state index < -0.39 is 18.4 Å². The normalized spacial score (nSPS) is 11.0. The fourth-order valence-corrected chi connectivity index (χ4v) is 1.33. The lowest BCUT2D eigenvalue weighted by Crippen LogP contribution is -2.41. The second-order valence-electron chi connectivity index (χ2n) is 4.24. The molecule has 0 atom stereocenters. The Bertz CT molecular complexity index is 533. The summed E-state index contributed by atoms with van der Waals surface area (Å²) in [6.45, 7) is 0.435. The predicted octanol–water partition coefficient (Wildman–Crippen LogP) is 1.26. The molecule has 1 rings (SSSR count). The van der Waals surface area contributed by atoms with Gasteiger partial charge in [0.1, 0.15) is 5.75 Å². The molecule has 0 fully saturated rings. The maximum absolute atomic E-state index is 12.2. The molecule has 0 aliphatic carbocycles. The highest BCUT2D eigenvalue weighted by Gasteiger charge is 2.13. The van der Waals surface area contributed by atoms with Gasteiger partial charge in [-0.3, -0.25) is 9.59 Å². The number of nitrogens with zero attached hydrogens (tertiary/aromatic N) is 1. The van der Waals surface area contributed by atoms with Gasteiger partial charge < -0.3 is 10.1 Å². The first kappa shape index (κ1) is 16.5. The molecule has 0 bridgehead atoms. The van der Waals surface area contributed by atoms with Crippen LogP contribution >= 0.6 is 0 Å². The fourth-order valence-electron chi connectivity index (χ4n) is 1.33. The Labute approximate surface area is 120 Å². The first-order valence-corrected chi connectivity index (χ1v) is 6.08. The molecular weight excluding hydrogens is 284 g/mol. The van der Waals surface area contributed by atoms with Gasteiger partial charge in [0, 0.05) is 11.6 Å². The van der Waals surface area contributed by atoms with Gasteiger partial charge in [0.15, 0.2) is 0 Å². The van der Waals surface area contributed by atoms with E-state index in [0.29, 0.717) is 0 Å². The predicted molar refractivity (Wildman–Crippen MR) is 72.1 cm³/mol. The maximum Gasteiger partial charge on any atom is 0.387 e. The number of hydrazone groups is 1. The Balaban J connectivity index is 2.65. The van der Waals surface area contributed by atoms with Crippen molar-refractivity contribution < 1.29 is 23.1 Å². The molecule has 0 radical (unpaired) electrons. The minimum absolute atomic E-state index is 0.0860. The van der Waals surface area contributed by atoms with Gasteiger partial charge in [-0.15, -0.1) is 0 Å². The van der Waals surface area contributed by atoms with Crippen molar-refractivity contribution in [3.8, 4) is 5.75 Å². The average Bonchev–Trinajstić information content (AvgIpc) is 2.39. The summed E-state index contributed by atoms with van der Waals surface area (Å²) in [7, 11) is 0. The third-order valence-corrected chi connectivity index (χ3v) is 2.13. The van der Waals surface area contributed by atoms with E-state index in [2.05, 4.69) is 15.2 Å². The van der Waals surface area contributed by atoms with Crippen LogP contribution in [-0.2, 0) is 9.59 Å². The summed E-state index contributed by atoms with van der Waals surface area (Å²) in [6, 6.07) is 5.73. The lowest BCUT2D eigenvalue weighted by molar-refractivity contribution is -0.139. The van der Waals surface area contributed by atoms with E-state index in [1.165, 1.54) is 18.2 Å². The molecule has 114 valence electrons. The minimum atomic E-state index is -2.97. The maximum atomic E-state index is 12.2. The van der Waals surface area contributed by atoms with E-state index in [4.69, 9.17) is 0 Å². The van der Waals surface area contributed by atoms with Crippen LogP contribution in [0.25, 0.3) is 0 Å². The van der Waals surface area contributed by atoms with Gasteiger partial charge in [-0.05, 0) is 26.0 Å². The highest BCUT2D eigenvalue weighted by atomic mass is 19.3. The van der Waals surface area contributed by atoms with Crippen LogP contribution in [0.5, 0.6) is 5.75 Å². The van der Waals surface area contributed by atoms with E-state index in [-0.39, 0.29) is 17.4 Å². The van der Waals surface area contributed by atoms with Crippen LogP contribution in [0.2, 0.25) is 0 Å². The molecule has 1 aromatic rings. The summed E-state index contributed by atoms with van der Waals surface area (Å²) in [4.78, 5) is 22.6. The summed E-state index contributed by atoms with van der Waals surface area (Å²) in [6.07, 6.45) is 1.11. The number of rotatable bonds is 5. The Kier molecular flexibility index (Phi) is 6.25. The number of carbonyl (C=O) groups excluding carboxylic acids is 2. The zero-order valence-corrected chi connectivity index (χ0v) is 11.5. The first-order chi connectivity index (χ1) is 9.90. The third-order valence-electron chi connectivity index (χ3n) is 2.13. The summed E-state index contributed by atoms with van der Waals surface area (Å²) in [5, 5.41) is 5.91. The second kappa shape index (κ2) is 7.93. The average molecular weight is 299 g/mol. The van der Waals surface area contributed by atoms with E-state index >= 15 is 0 Å². The fraction of sp³-hybridized carbons (Fsp3) is 0.308. The van der Waals surface area contributed by atoms with Crippen molar-refractivity contribution >= 4 is 18.0 Å². The van der Waals surface area contributed by atoms with Gasteiger partial charge in [0.05, 0.1) is 6.21 Å². The topological polar surface area (TPSA) is 79.8 Å². The van der Waals surface area contributed by atoms with E-state index in [9.17, 15) is 18.4 Å². The highest BCUT2D eigenvalue weighted by molar-refractivity contribution is 6.35. The van der Waals surface area contributed by atoms with Crippen molar-refractivity contribution in [2.24, 2.45) is 5.10 Å². The zero-order valence-electron chi connectivity index (χ0n) is 11.5. The molecule has 2 N–H and O–H groups in total. The Morgan fingerprint density at radius 1 is 1.24 bits per heavy atom. The number of carbonyl (C=O) groups is 2. The number of hydrogen-bond acceptors (Lipinski definition) is 4. The van der Waals surface area contributed by atoms with Crippen molar-refractivity contribution in [3.63, 3.8) is 0 Å². The highest BCUT2D eigenvalue weighted by Crippen LogP contribution is 2.18. The van der Waals surface area contributed by atoms with E-state index in [0.717, 1.165) is 6.21 Å². The SMILES string of the molecule is CC(C)NC(=O)C(=O)N/N=C\c1ccccc1OC(F)F. The van der Waals surface area contributed by atoms with Gasteiger partial charge in [0.25, 0.3) is 0 Å². The number of nitrogens with one attached hydrogen (secondary N) is 2. The third kappa shape index (κ3) is 5.98. The van der Waals surface area contributed by atoms with Crippen molar-refractivity contribution in [3.05, 3.63) is 29.8 Å². The lowest BCUT2D eigenvalue weighted by atomic mass is 10.2. The quantitative estimate of drug-likeness (QED) is 0.488. The Morgan fingerprint density at radius 3 is 2.52 bits per heavy atom. The van der Waals surface area contributed by atoms with Crippen molar-refractivity contribution in [2.45, 2.75) is 26.5 Å². The Hall–Kier alpha value is -2.51. The number of amides is 2. The molecular formula is C13H15F2N3O3. The van der Waals surface area contributed by atoms with Crippen molar-refractivity contribution in [1.29, 1.82) is 0 Å². The van der Waals surface area contributed by atoms with Crippen molar-refractivity contribution in [2.75, 3.05) is 0 Å². The van der Waals surface area contributed by atoms with Gasteiger partial charge in [0.2, 0.25) is 0 Å². The number of hydrogen-bond donors (Lipinski definition) is 2. The molecule has 0 aliphatic rings. The summed E-state index contributed by atoms with van der Waals surface area (Å²) >= 11 is 0. The summed E-state index contributed by atoms with van der Waals surface area (Å²) in [5.41, 5.74) is 2.23. The number of para-hydroxylation sites is 1. The first-order valence-electron chi connectivity index (χ1n) is 6.08. The molecule has 8 heteroatoms. The monoisotopic (exact) mass is 299 g/mol. The number of halogens is 2. The molecule has 6 nitrogen and oxygen atoms in total. The standard InChI is InChI=1S/C13H15F2N3O3/c1-8(2)17-11(19)12(20)18-16-7-9-5-3-4-6-10(9)21-13(14)15/h3-8,13H,1-2H3,(H,17,19)(H,18,20)/b16-7-. The molecule has 0 aliphatic heterocycles. The van der Waals surface area contributed by atoms with Crippen LogP contribution in [0, 0.1) is 0 Å². The molecule has 2 amide bonds. The second-order valence-corrected chi connectivity index (χ2v) is 4.24. The van der Waals surface area contributed by atoms with E-state index in [1.54, 1.807) is 19.9 Å². The largest absolute Gasteiger partial charge is 0.434 e. The molecule has 0 spiro atoms. The summed E-state index contributed by atoms with van der Waals surface area (Å²) in [5.74, 6) is -1.87. The van der Waals surface area contributed by atoms with Crippen LogP contribution in [0.1, 0.15) is 19.4 Å². The van der Waals surface area contributed by atoms with Gasteiger partial charge in [-0.2, -0.15) is 13.9 Å². The van der Waals surface area contributed by atoms with Crippen LogP contribution in [-0.4, -0.2) is 30.7 Å². The van der Waals surface area contributed by atoms with Gasteiger partial charge in [-0.1, -0.05) is 12.1 Å². The van der Waals surface area contributed by atoms with Crippen LogP contribution < -0.4 is 15.5 Å². The van der Waals surface area contributed by atoms with Crippen LogP contribution in [0.4, 0.5) is 8.78 Å². The molecule has 0 heterocycles. The summed E-state index contributed by atoms with van der Waals surface area (Å²) < 4.78 is 28.7. The molecule has 1 aromatic carbocycles. The number of ether oxygens (including phenoxy) is 1. The minimum Gasteiger partial charge on any atom is -0.434 e. The Morgan fingerprint density at radius 2 is 1.90 bits per heavy atom. The lowest BCUT2D eigenvalue weighted by Gasteiger charge is -2.07. The van der Waals surface area contributed by atoms with Crippen LogP contribution in [0.3, 0.4) is 0 Å². The molecule has 0 unspecified atom stereocenters.